The summed E-state index contributed by atoms with van der Waals surface area (Å²) in [5.41, 5.74) is 5.76. The summed E-state index contributed by atoms with van der Waals surface area (Å²) >= 11 is 0. The van der Waals surface area contributed by atoms with Gasteiger partial charge in [-0.3, -0.25) is 0 Å². The molecule has 0 spiro atoms. The van der Waals surface area contributed by atoms with Crippen molar-refractivity contribution in [3.63, 3.8) is 0 Å². The molecule has 2 atom stereocenters. The highest BCUT2D eigenvalue weighted by Crippen LogP contribution is 2.29. The van der Waals surface area contributed by atoms with Crippen LogP contribution in [0.3, 0.4) is 0 Å². The fraction of sp³-hybridized carbons (Fsp3) is 1.00. The summed E-state index contributed by atoms with van der Waals surface area (Å²) in [7, 11) is 0. The molecule has 0 aromatic rings. The van der Waals surface area contributed by atoms with Crippen LogP contribution < -0.4 is 5.73 Å². The van der Waals surface area contributed by atoms with Gasteiger partial charge in [-0.05, 0) is 31.1 Å². The molecule has 0 radical (unpaired) electrons. The SMILES string of the molecule is CC(C)[C@H]1CCC(N)C1. The molecule has 1 heteroatoms. The molecule has 0 aliphatic heterocycles. The van der Waals surface area contributed by atoms with Gasteiger partial charge in [-0.2, -0.15) is 0 Å². The van der Waals surface area contributed by atoms with Gasteiger partial charge in [-0.25, -0.2) is 0 Å². The minimum absolute atomic E-state index is 0.511. The third-order valence-corrected chi connectivity index (χ3v) is 2.46. The van der Waals surface area contributed by atoms with Gasteiger partial charge in [-0.15, -0.1) is 0 Å². The van der Waals surface area contributed by atoms with Crippen molar-refractivity contribution < 1.29 is 0 Å². The highest BCUT2D eigenvalue weighted by atomic mass is 14.6. The summed E-state index contributed by atoms with van der Waals surface area (Å²) in [6.07, 6.45) is 3.87. The summed E-state index contributed by atoms with van der Waals surface area (Å²) in [5.74, 6) is 1.76. The molecule has 1 fully saturated rings. The molecule has 2 N–H and O–H groups in total. The highest BCUT2D eigenvalue weighted by molar-refractivity contribution is 4.79. The average molecular weight is 127 g/mol. The maximum absolute atomic E-state index is 5.76. The molecule has 1 aliphatic rings. The van der Waals surface area contributed by atoms with E-state index in [0.717, 1.165) is 11.8 Å². The monoisotopic (exact) mass is 127 g/mol. The first-order valence-electron chi connectivity index (χ1n) is 3.95. The Morgan fingerprint density at radius 2 is 2.00 bits per heavy atom. The Bertz CT molecular complexity index is 88.6. The maximum Gasteiger partial charge on any atom is 0.00416 e. The van der Waals surface area contributed by atoms with Crippen LogP contribution in [-0.2, 0) is 0 Å². The van der Waals surface area contributed by atoms with Crippen LogP contribution >= 0.6 is 0 Å². The van der Waals surface area contributed by atoms with Crippen LogP contribution in [0.1, 0.15) is 33.1 Å². The summed E-state index contributed by atoms with van der Waals surface area (Å²) < 4.78 is 0. The Hall–Kier alpha value is -0.0400. The smallest absolute Gasteiger partial charge is 0.00416 e. The molecule has 0 aromatic heterocycles. The van der Waals surface area contributed by atoms with Crippen LogP contribution in [0.2, 0.25) is 0 Å². The fourth-order valence-electron chi connectivity index (χ4n) is 1.66. The van der Waals surface area contributed by atoms with Crippen molar-refractivity contribution in [2.75, 3.05) is 0 Å². The number of rotatable bonds is 1. The van der Waals surface area contributed by atoms with Crippen molar-refractivity contribution in [1.29, 1.82) is 0 Å². The lowest BCUT2D eigenvalue weighted by molar-refractivity contribution is 0.391. The van der Waals surface area contributed by atoms with E-state index in [4.69, 9.17) is 5.73 Å². The lowest BCUT2D eigenvalue weighted by Gasteiger charge is -2.12. The van der Waals surface area contributed by atoms with Gasteiger partial charge in [0.1, 0.15) is 0 Å². The molecule has 0 aromatic carbocycles. The first-order valence-corrected chi connectivity index (χ1v) is 3.95. The topological polar surface area (TPSA) is 26.0 Å². The molecule has 54 valence electrons. The summed E-state index contributed by atoms with van der Waals surface area (Å²) in [6, 6.07) is 0.511. The van der Waals surface area contributed by atoms with Crippen LogP contribution in [-0.4, -0.2) is 6.04 Å². The van der Waals surface area contributed by atoms with Crippen LogP contribution in [0.5, 0.6) is 0 Å². The maximum atomic E-state index is 5.76. The molecule has 1 rings (SSSR count). The standard InChI is InChI=1S/C8H17N/c1-6(2)7-3-4-8(9)5-7/h6-8H,3-5,9H2,1-2H3/t7-,8?/m0/s1. The van der Waals surface area contributed by atoms with E-state index in [1.165, 1.54) is 19.3 Å². The van der Waals surface area contributed by atoms with Crippen molar-refractivity contribution in [2.24, 2.45) is 17.6 Å². The van der Waals surface area contributed by atoms with Crippen LogP contribution in [0.4, 0.5) is 0 Å². The molecular formula is C8H17N. The van der Waals surface area contributed by atoms with E-state index in [0.29, 0.717) is 6.04 Å². The highest BCUT2D eigenvalue weighted by Gasteiger charge is 2.23. The second kappa shape index (κ2) is 2.70. The van der Waals surface area contributed by atoms with E-state index in [2.05, 4.69) is 13.8 Å². The van der Waals surface area contributed by atoms with E-state index >= 15 is 0 Å². The Kier molecular flexibility index (Phi) is 2.12. The zero-order valence-electron chi connectivity index (χ0n) is 6.43. The lowest BCUT2D eigenvalue weighted by Crippen LogP contribution is -2.15. The van der Waals surface area contributed by atoms with E-state index in [-0.39, 0.29) is 0 Å². The number of hydrogen-bond donors (Lipinski definition) is 1. The van der Waals surface area contributed by atoms with E-state index < -0.39 is 0 Å². The molecule has 0 bridgehead atoms. The van der Waals surface area contributed by atoms with Crippen molar-refractivity contribution >= 4 is 0 Å². The Morgan fingerprint density at radius 3 is 2.22 bits per heavy atom. The predicted molar refractivity (Wildman–Crippen MR) is 40.2 cm³/mol. The van der Waals surface area contributed by atoms with Crippen molar-refractivity contribution in [1.82, 2.24) is 0 Å². The van der Waals surface area contributed by atoms with Gasteiger partial charge in [-0.1, -0.05) is 13.8 Å². The lowest BCUT2D eigenvalue weighted by atomic mass is 9.94. The number of nitrogens with two attached hydrogens (primary N) is 1. The van der Waals surface area contributed by atoms with Gasteiger partial charge in [0.2, 0.25) is 0 Å². The van der Waals surface area contributed by atoms with Crippen molar-refractivity contribution in [3.05, 3.63) is 0 Å². The minimum atomic E-state index is 0.511. The normalized spacial score (nSPS) is 36.0. The number of hydrogen-bond acceptors (Lipinski definition) is 1. The second-order valence-corrected chi connectivity index (χ2v) is 3.58. The van der Waals surface area contributed by atoms with Gasteiger partial charge < -0.3 is 5.73 Å². The van der Waals surface area contributed by atoms with Crippen molar-refractivity contribution in [3.8, 4) is 0 Å². The molecule has 1 nitrogen and oxygen atoms in total. The van der Waals surface area contributed by atoms with Crippen LogP contribution in [0.25, 0.3) is 0 Å². The van der Waals surface area contributed by atoms with E-state index in [9.17, 15) is 0 Å². The Morgan fingerprint density at radius 1 is 1.33 bits per heavy atom. The molecule has 0 heterocycles. The van der Waals surface area contributed by atoms with E-state index in [1.807, 2.05) is 0 Å². The van der Waals surface area contributed by atoms with Crippen LogP contribution in [0, 0.1) is 11.8 Å². The summed E-state index contributed by atoms with van der Waals surface area (Å²) in [5, 5.41) is 0. The molecular weight excluding hydrogens is 110 g/mol. The summed E-state index contributed by atoms with van der Waals surface area (Å²) in [4.78, 5) is 0. The molecule has 1 saturated carbocycles. The Balaban J connectivity index is 2.30. The van der Waals surface area contributed by atoms with E-state index in [1.54, 1.807) is 0 Å². The quantitative estimate of drug-likeness (QED) is 0.570. The zero-order chi connectivity index (χ0) is 6.85. The first kappa shape index (κ1) is 7.07. The zero-order valence-corrected chi connectivity index (χ0v) is 6.43. The molecule has 1 unspecified atom stereocenters. The second-order valence-electron chi connectivity index (χ2n) is 3.58. The third kappa shape index (κ3) is 1.68. The van der Waals surface area contributed by atoms with Crippen LogP contribution in [0.15, 0.2) is 0 Å². The van der Waals surface area contributed by atoms with Gasteiger partial charge in [0.15, 0.2) is 0 Å². The molecule has 0 saturated heterocycles. The third-order valence-electron chi connectivity index (χ3n) is 2.46. The van der Waals surface area contributed by atoms with Crippen molar-refractivity contribution in [2.45, 2.75) is 39.2 Å². The molecule has 0 amide bonds. The average Bonchev–Trinajstić information content (AvgIpc) is 2.14. The first-order chi connectivity index (χ1) is 4.20. The molecule has 1 aliphatic carbocycles. The fourth-order valence-corrected chi connectivity index (χ4v) is 1.66. The van der Waals surface area contributed by atoms with Gasteiger partial charge >= 0.3 is 0 Å². The predicted octanol–water partition coefficient (Wildman–Crippen LogP) is 1.77. The summed E-state index contributed by atoms with van der Waals surface area (Å²) in [6.45, 7) is 4.59. The largest absolute Gasteiger partial charge is 0.328 e. The molecule has 9 heavy (non-hydrogen) atoms. The van der Waals surface area contributed by atoms with Gasteiger partial charge in [0, 0.05) is 6.04 Å². The van der Waals surface area contributed by atoms with Gasteiger partial charge in [0.25, 0.3) is 0 Å². The van der Waals surface area contributed by atoms with Gasteiger partial charge in [0.05, 0.1) is 0 Å². The Labute approximate surface area is 57.6 Å². The minimum Gasteiger partial charge on any atom is -0.328 e.